The number of aromatic nitrogens is 1. The zero-order valence-electron chi connectivity index (χ0n) is 21.5. The first kappa shape index (κ1) is 21.9. The minimum absolute atomic E-state index is 0.307. The minimum Gasteiger partial charge on any atom is -0.345 e. The highest BCUT2D eigenvalue weighted by molar-refractivity contribution is 7.27. The predicted octanol–water partition coefficient (Wildman–Crippen LogP) is 7.85. The topological polar surface area (TPSA) is 29.3 Å². The van der Waals surface area contributed by atoms with Crippen LogP contribution in [0.15, 0.2) is 132 Å². The molecule has 0 amide bonds. The Labute approximate surface area is 233 Å². The minimum atomic E-state index is -0.307. The number of nitrogens with zero attached hydrogens (tertiary/aromatic N) is 2. The Kier molecular flexibility index (Phi) is 4.54. The van der Waals surface area contributed by atoms with Gasteiger partial charge in [0.2, 0.25) is 6.29 Å². The number of thiophene rings is 1. The smallest absolute Gasteiger partial charge is 0.201 e. The van der Waals surface area contributed by atoms with E-state index in [4.69, 9.17) is 4.99 Å². The molecule has 0 bridgehead atoms. The fraction of sp³-hybridized carbons (Fsp3) is 0.0278. The molecule has 1 aliphatic rings. The van der Waals surface area contributed by atoms with Gasteiger partial charge < -0.3 is 9.88 Å². The van der Waals surface area contributed by atoms with Gasteiger partial charge in [0, 0.05) is 46.9 Å². The molecular formula is C36H23N3S. The second-order valence-corrected chi connectivity index (χ2v) is 11.4. The van der Waals surface area contributed by atoms with E-state index >= 15 is 0 Å². The van der Waals surface area contributed by atoms with Gasteiger partial charge in [0.05, 0.1) is 22.1 Å². The number of rotatable bonds is 2. The van der Waals surface area contributed by atoms with Crippen molar-refractivity contribution in [2.75, 3.05) is 0 Å². The Hall–Kier alpha value is -4.93. The summed E-state index contributed by atoms with van der Waals surface area (Å²) in [5.41, 5.74) is 4.67. The summed E-state index contributed by atoms with van der Waals surface area (Å²) in [6.07, 6.45) is -0.307. The molecule has 1 atom stereocenters. The summed E-state index contributed by atoms with van der Waals surface area (Å²) >= 11 is 1.90. The van der Waals surface area contributed by atoms with Crippen LogP contribution < -0.4 is 15.9 Å². The molecule has 0 fully saturated rings. The van der Waals surface area contributed by atoms with Crippen LogP contribution in [0.3, 0.4) is 0 Å². The number of hydrogen-bond acceptors (Lipinski definition) is 3. The van der Waals surface area contributed by atoms with Gasteiger partial charge in [0.15, 0.2) is 0 Å². The number of para-hydroxylation sites is 2. The van der Waals surface area contributed by atoms with E-state index in [1.165, 1.54) is 52.8 Å². The van der Waals surface area contributed by atoms with E-state index in [9.17, 15) is 0 Å². The standard InChI is InChI=1S/C36H23N3S/c1-2-12-22(13-3-1)33-25-16-6-9-19-28(25)37-36(38-33)39-29-20-10-7-17-26(29)31-32-27-18-8-11-21-30(27)40-35(32)24-15-5-4-14-23(24)34(31)39/h1-21,36,38H. The van der Waals surface area contributed by atoms with Gasteiger partial charge in [0.1, 0.15) is 0 Å². The van der Waals surface area contributed by atoms with Gasteiger partial charge in [-0.25, -0.2) is 4.99 Å². The van der Waals surface area contributed by atoms with E-state index in [0.717, 1.165) is 21.8 Å². The lowest BCUT2D eigenvalue weighted by Crippen LogP contribution is -2.41. The Morgan fingerprint density at radius 2 is 1.27 bits per heavy atom. The van der Waals surface area contributed by atoms with E-state index in [0.29, 0.717) is 0 Å². The molecular weight excluding hydrogens is 506 g/mol. The number of benzene rings is 6. The van der Waals surface area contributed by atoms with Crippen LogP contribution in [0.2, 0.25) is 0 Å². The van der Waals surface area contributed by atoms with E-state index in [1.54, 1.807) is 0 Å². The Morgan fingerprint density at radius 1 is 0.600 bits per heavy atom. The third-order valence-corrected chi connectivity index (χ3v) is 9.40. The van der Waals surface area contributed by atoms with Gasteiger partial charge in [-0.15, -0.1) is 11.3 Å². The first-order valence-corrected chi connectivity index (χ1v) is 14.4. The first-order chi connectivity index (χ1) is 19.9. The maximum atomic E-state index is 5.33. The van der Waals surface area contributed by atoms with Crippen molar-refractivity contribution in [3.63, 3.8) is 0 Å². The normalized spacial score (nSPS) is 15.1. The number of fused-ring (bicyclic) bond motifs is 11. The van der Waals surface area contributed by atoms with Crippen LogP contribution in [0.5, 0.6) is 0 Å². The zero-order valence-corrected chi connectivity index (χ0v) is 22.3. The van der Waals surface area contributed by atoms with Crippen LogP contribution in [-0.4, -0.2) is 4.57 Å². The summed E-state index contributed by atoms with van der Waals surface area (Å²) in [6, 6.07) is 45.5. The van der Waals surface area contributed by atoms with E-state index in [1.807, 2.05) is 11.3 Å². The molecule has 40 heavy (non-hydrogen) atoms. The largest absolute Gasteiger partial charge is 0.345 e. The molecule has 6 aromatic carbocycles. The molecule has 9 rings (SSSR count). The van der Waals surface area contributed by atoms with Gasteiger partial charge in [-0.1, -0.05) is 109 Å². The molecule has 0 spiro atoms. The second-order valence-electron chi connectivity index (χ2n) is 10.4. The Balaban J connectivity index is 1.47. The lowest BCUT2D eigenvalue weighted by molar-refractivity contribution is 0.490. The highest BCUT2D eigenvalue weighted by atomic mass is 32.1. The highest BCUT2D eigenvalue weighted by Gasteiger charge is 2.26. The molecule has 0 radical (unpaired) electrons. The van der Waals surface area contributed by atoms with E-state index in [2.05, 4.69) is 137 Å². The first-order valence-electron chi connectivity index (χ1n) is 13.6. The Bertz CT molecular complexity index is 2410. The number of nitrogens with one attached hydrogen (secondary N) is 1. The summed E-state index contributed by atoms with van der Waals surface area (Å²) in [7, 11) is 0. The van der Waals surface area contributed by atoms with Gasteiger partial charge >= 0.3 is 0 Å². The lowest BCUT2D eigenvalue weighted by Gasteiger charge is -2.25. The van der Waals surface area contributed by atoms with Crippen LogP contribution in [0.1, 0.15) is 11.9 Å². The fourth-order valence-electron chi connectivity index (χ4n) is 6.54. The average molecular weight is 530 g/mol. The molecule has 0 saturated carbocycles. The lowest BCUT2D eigenvalue weighted by atomic mass is 10.00. The van der Waals surface area contributed by atoms with Crippen LogP contribution >= 0.6 is 11.3 Å². The molecule has 0 saturated heterocycles. The maximum Gasteiger partial charge on any atom is 0.201 e. The van der Waals surface area contributed by atoms with Crippen LogP contribution in [0, 0.1) is 0 Å². The summed E-state index contributed by atoms with van der Waals surface area (Å²) in [4.78, 5) is 5.33. The second kappa shape index (κ2) is 8.28. The van der Waals surface area contributed by atoms with Crippen molar-refractivity contribution in [2.24, 2.45) is 4.99 Å². The van der Waals surface area contributed by atoms with Crippen molar-refractivity contribution in [2.45, 2.75) is 6.29 Å². The molecule has 1 aliphatic heterocycles. The Morgan fingerprint density at radius 3 is 2.15 bits per heavy atom. The quantitative estimate of drug-likeness (QED) is 0.243. The highest BCUT2D eigenvalue weighted by Crippen LogP contribution is 2.47. The molecule has 1 unspecified atom stereocenters. The van der Waals surface area contributed by atoms with Crippen LogP contribution in [-0.2, 0) is 0 Å². The van der Waals surface area contributed by atoms with Crippen molar-refractivity contribution in [1.82, 2.24) is 9.88 Å². The number of hydrogen-bond donors (Lipinski definition) is 1. The molecule has 8 aromatic rings. The molecule has 3 heterocycles. The van der Waals surface area contributed by atoms with Gasteiger partial charge in [-0.3, -0.25) is 0 Å². The third-order valence-electron chi connectivity index (χ3n) is 8.20. The monoisotopic (exact) mass is 529 g/mol. The van der Waals surface area contributed by atoms with Crippen molar-refractivity contribution < 1.29 is 0 Å². The SMILES string of the molecule is c1ccc(C2=c3ccccc3=NC(n3c4ccccc4c4c5c6ccccc6sc5c5ccccc5c43)N2)cc1. The molecule has 188 valence electrons. The average Bonchev–Trinajstić information content (AvgIpc) is 3.58. The van der Waals surface area contributed by atoms with Gasteiger partial charge in [-0.2, -0.15) is 0 Å². The summed E-state index contributed by atoms with van der Waals surface area (Å²) < 4.78 is 5.10. The maximum absolute atomic E-state index is 5.33. The molecule has 4 heteroatoms. The van der Waals surface area contributed by atoms with Gasteiger partial charge in [0.25, 0.3) is 0 Å². The third kappa shape index (κ3) is 2.97. The van der Waals surface area contributed by atoms with Crippen molar-refractivity contribution in [3.8, 4) is 0 Å². The fourth-order valence-corrected chi connectivity index (χ4v) is 7.79. The van der Waals surface area contributed by atoms with Crippen LogP contribution in [0.4, 0.5) is 0 Å². The summed E-state index contributed by atoms with van der Waals surface area (Å²) in [5, 5.41) is 13.8. The molecule has 1 N–H and O–H groups in total. The zero-order chi connectivity index (χ0) is 26.2. The summed E-state index contributed by atoms with van der Waals surface area (Å²) in [6.45, 7) is 0. The van der Waals surface area contributed by atoms with Crippen LogP contribution in [0.25, 0.3) is 58.4 Å². The van der Waals surface area contributed by atoms with Gasteiger partial charge in [-0.05, 0) is 23.8 Å². The van der Waals surface area contributed by atoms with Crippen molar-refractivity contribution in [1.29, 1.82) is 0 Å². The van der Waals surface area contributed by atoms with E-state index < -0.39 is 0 Å². The predicted molar refractivity (Wildman–Crippen MR) is 168 cm³/mol. The molecule has 0 aliphatic carbocycles. The molecule has 2 aromatic heterocycles. The molecule has 3 nitrogen and oxygen atoms in total. The summed E-state index contributed by atoms with van der Waals surface area (Å²) in [5.74, 6) is 0. The van der Waals surface area contributed by atoms with Crippen molar-refractivity contribution >= 4 is 69.8 Å². The van der Waals surface area contributed by atoms with E-state index in [-0.39, 0.29) is 6.29 Å². The van der Waals surface area contributed by atoms with Crippen molar-refractivity contribution in [3.05, 3.63) is 144 Å².